The van der Waals surface area contributed by atoms with Crippen molar-refractivity contribution in [2.45, 2.75) is 30.7 Å². The summed E-state index contributed by atoms with van der Waals surface area (Å²) < 4.78 is 39.0. The number of halogens is 1. The van der Waals surface area contributed by atoms with Crippen molar-refractivity contribution < 1.29 is 17.9 Å². The quantitative estimate of drug-likeness (QED) is 0.810. The SMILES string of the molecule is CC(CCCO)NS(=O)(=O)c1cccc(F)c1. The van der Waals surface area contributed by atoms with E-state index < -0.39 is 15.8 Å². The Morgan fingerprint density at radius 3 is 2.76 bits per heavy atom. The molecule has 4 nitrogen and oxygen atoms in total. The molecule has 0 saturated carbocycles. The van der Waals surface area contributed by atoms with Gasteiger partial charge in [0.2, 0.25) is 10.0 Å². The number of rotatable bonds is 6. The van der Waals surface area contributed by atoms with Gasteiger partial charge >= 0.3 is 0 Å². The maximum Gasteiger partial charge on any atom is 0.240 e. The Balaban J connectivity index is 2.75. The van der Waals surface area contributed by atoms with Crippen LogP contribution in [0.15, 0.2) is 29.2 Å². The van der Waals surface area contributed by atoms with Gasteiger partial charge in [0, 0.05) is 12.6 Å². The first-order valence-corrected chi connectivity index (χ1v) is 6.83. The molecule has 0 bridgehead atoms. The van der Waals surface area contributed by atoms with Gasteiger partial charge in [0.1, 0.15) is 5.82 Å². The molecule has 0 aliphatic rings. The molecule has 1 rings (SSSR count). The van der Waals surface area contributed by atoms with Gasteiger partial charge in [-0.05, 0) is 38.0 Å². The predicted molar refractivity (Wildman–Crippen MR) is 62.5 cm³/mol. The van der Waals surface area contributed by atoms with E-state index in [-0.39, 0.29) is 17.5 Å². The first kappa shape index (κ1) is 14.1. The molecule has 0 spiro atoms. The standard InChI is InChI=1S/C11H16FNO3S/c1-9(4-3-7-14)13-17(15,16)11-6-2-5-10(12)8-11/h2,5-6,8-9,13-14H,3-4,7H2,1H3. The van der Waals surface area contributed by atoms with Crippen LogP contribution >= 0.6 is 0 Å². The van der Waals surface area contributed by atoms with Crippen molar-refractivity contribution in [3.05, 3.63) is 30.1 Å². The zero-order valence-corrected chi connectivity index (χ0v) is 10.4. The second-order valence-corrected chi connectivity index (χ2v) is 5.56. The molecule has 0 heterocycles. The molecular formula is C11H16FNO3S. The summed E-state index contributed by atoms with van der Waals surface area (Å²) >= 11 is 0. The lowest BCUT2D eigenvalue weighted by atomic mass is 10.2. The molecular weight excluding hydrogens is 245 g/mol. The minimum Gasteiger partial charge on any atom is -0.396 e. The molecule has 6 heteroatoms. The van der Waals surface area contributed by atoms with E-state index in [1.54, 1.807) is 6.92 Å². The largest absolute Gasteiger partial charge is 0.396 e. The number of hydrogen-bond acceptors (Lipinski definition) is 3. The van der Waals surface area contributed by atoms with Crippen LogP contribution in [0, 0.1) is 5.82 Å². The van der Waals surface area contributed by atoms with E-state index in [9.17, 15) is 12.8 Å². The highest BCUT2D eigenvalue weighted by Gasteiger charge is 2.17. The van der Waals surface area contributed by atoms with Gasteiger partial charge in [-0.25, -0.2) is 17.5 Å². The summed E-state index contributed by atoms with van der Waals surface area (Å²) in [7, 11) is -3.68. The number of sulfonamides is 1. The summed E-state index contributed by atoms with van der Waals surface area (Å²) in [5.41, 5.74) is 0. The van der Waals surface area contributed by atoms with Crippen LogP contribution in [0.25, 0.3) is 0 Å². The van der Waals surface area contributed by atoms with Crippen molar-refractivity contribution >= 4 is 10.0 Å². The van der Waals surface area contributed by atoms with Gasteiger partial charge in [-0.2, -0.15) is 0 Å². The molecule has 1 unspecified atom stereocenters. The third-order valence-corrected chi connectivity index (χ3v) is 3.85. The molecule has 0 aliphatic heterocycles. The van der Waals surface area contributed by atoms with Crippen LogP contribution in [0.3, 0.4) is 0 Å². The maximum absolute atomic E-state index is 12.9. The average Bonchev–Trinajstić information content (AvgIpc) is 2.26. The monoisotopic (exact) mass is 261 g/mol. The van der Waals surface area contributed by atoms with Crippen LogP contribution in [0.4, 0.5) is 4.39 Å². The van der Waals surface area contributed by atoms with Crippen molar-refractivity contribution in [2.24, 2.45) is 0 Å². The molecule has 0 aliphatic carbocycles. The van der Waals surface area contributed by atoms with Gasteiger partial charge in [0.25, 0.3) is 0 Å². The van der Waals surface area contributed by atoms with Crippen LogP contribution in [-0.4, -0.2) is 26.2 Å². The molecule has 17 heavy (non-hydrogen) atoms. The van der Waals surface area contributed by atoms with Gasteiger partial charge in [-0.3, -0.25) is 0 Å². The molecule has 0 saturated heterocycles. The lowest BCUT2D eigenvalue weighted by Crippen LogP contribution is -2.32. The number of benzene rings is 1. The number of aliphatic hydroxyl groups excluding tert-OH is 1. The van der Waals surface area contributed by atoms with Crippen molar-refractivity contribution in [3.63, 3.8) is 0 Å². The van der Waals surface area contributed by atoms with E-state index in [1.807, 2.05) is 0 Å². The lowest BCUT2D eigenvalue weighted by molar-refractivity contribution is 0.279. The van der Waals surface area contributed by atoms with Crippen LogP contribution in [0.2, 0.25) is 0 Å². The highest BCUT2D eigenvalue weighted by Crippen LogP contribution is 2.11. The van der Waals surface area contributed by atoms with E-state index in [4.69, 9.17) is 5.11 Å². The third-order valence-electron chi connectivity index (χ3n) is 2.26. The van der Waals surface area contributed by atoms with Crippen molar-refractivity contribution in [1.29, 1.82) is 0 Å². The summed E-state index contributed by atoms with van der Waals surface area (Å²) in [4.78, 5) is -0.0895. The lowest BCUT2D eigenvalue weighted by Gasteiger charge is -2.13. The summed E-state index contributed by atoms with van der Waals surface area (Å²) in [6, 6.07) is 4.55. The van der Waals surface area contributed by atoms with Crippen LogP contribution in [0.1, 0.15) is 19.8 Å². The van der Waals surface area contributed by atoms with E-state index in [0.29, 0.717) is 12.8 Å². The Morgan fingerprint density at radius 1 is 1.47 bits per heavy atom. The summed E-state index contributed by atoms with van der Waals surface area (Å²) in [5, 5.41) is 8.64. The van der Waals surface area contributed by atoms with Crippen molar-refractivity contribution in [1.82, 2.24) is 4.72 Å². The normalized spacial score (nSPS) is 13.6. The molecule has 0 amide bonds. The fraction of sp³-hybridized carbons (Fsp3) is 0.455. The van der Waals surface area contributed by atoms with Crippen LogP contribution in [0.5, 0.6) is 0 Å². The summed E-state index contributed by atoms with van der Waals surface area (Å²) in [6.45, 7) is 1.72. The number of nitrogens with one attached hydrogen (secondary N) is 1. The Bertz CT molecular complexity index is 462. The Hall–Kier alpha value is -0.980. The van der Waals surface area contributed by atoms with E-state index >= 15 is 0 Å². The van der Waals surface area contributed by atoms with Crippen molar-refractivity contribution in [3.8, 4) is 0 Å². The second-order valence-electron chi connectivity index (χ2n) is 3.85. The fourth-order valence-corrected chi connectivity index (χ4v) is 2.73. The average molecular weight is 261 g/mol. The second kappa shape index (κ2) is 6.09. The Kier molecular flexibility index (Phi) is 5.04. The van der Waals surface area contributed by atoms with Gasteiger partial charge in [-0.1, -0.05) is 6.07 Å². The number of aliphatic hydroxyl groups is 1. The van der Waals surface area contributed by atoms with Crippen molar-refractivity contribution in [2.75, 3.05) is 6.61 Å². The first-order chi connectivity index (χ1) is 7.95. The molecule has 96 valence electrons. The molecule has 0 radical (unpaired) electrons. The Morgan fingerprint density at radius 2 is 2.18 bits per heavy atom. The predicted octanol–water partition coefficient (Wildman–Crippen LogP) is 1.26. The molecule has 2 N–H and O–H groups in total. The zero-order valence-electron chi connectivity index (χ0n) is 9.56. The highest BCUT2D eigenvalue weighted by atomic mass is 32.2. The van der Waals surface area contributed by atoms with Crippen LogP contribution in [-0.2, 0) is 10.0 Å². The minimum absolute atomic E-state index is 0.0199. The maximum atomic E-state index is 12.9. The molecule has 1 atom stereocenters. The van der Waals surface area contributed by atoms with Crippen LogP contribution < -0.4 is 4.72 Å². The molecule has 0 aromatic heterocycles. The third kappa shape index (κ3) is 4.41. The molecule has 0 fully saturated rings. The van der Waals surface area contributed by atoms with E-state index in [2.05, 4.69) is 4.72 Å². The summed E-state index contributed by atoms with van der Waals surface area (Å²) in [6.07, 6.45) is 1.05. The topological polar surface area (TPSA) is 66.4 Å². The van der Waals surface area contributed by atoms with E-state index in [1.165, 1.54) is 18.2 Å². The van der Waals surface area contributed by atoms with Gasteiger partial charge in [-0.15, -0.1) is 0 Å². The highest BCUT2D eigenvalue weighted by molar-refractivity contribution is 7.89. The van der Waals surface area contributed by atoms with Gasteiger partial charge < -0.3 is 5.11 Å². The summed E-state index contributed by atoms with van der Waals surface area (Å²) in [5.74, 6) is -0.587. The molecule has 1 aromatic carbocycles. The van der Waals surface area contributed by atoms with Gasteiger partial charge in [0.15, 0.2) is 0 Å². The van der Waals surface area contributed by atoms with E-state index in [0.717, 1.165) is 6.07 Å². The molecule has 1 aromatic rings. The van der Waals surface area contributed by atoms with Gasteiger partial charge in [0.05, 0.1) is 4.90 Å². The Labute approximate surface area is 101 Å². The number of hydrogen-bond donors (Lipinski definition) is 2. The fourth-order valence-electron chi connectivity index (χ4n) is 1.42. The first-order valence-electron chi connectivity index (χ1n) is 5.34. The minimum atomic E-state index is -3.68. The smallest absolute Gasteiger partial charge is 0.240 e. The zero-order chi connectivity index (χ0) is 12.9.